The first-order valence-corrected chi connectivity index (χ1v) is 9.82. The maximum Gasteiger partial charge on any atom is 0.230 e. The van der Waals surface area contributed by atoms with Crippen LogP contribution in [0.4, 0.5) is 11.5 Å². The lowest BCUT2D eigenvalue weighted by molar-refractivity contribution is -0.117. The number of nitrogens with one attached hydrogen (secondary N) is 1. The molecule has 2 aromatic rings. The normalized spacial score (nSPS) is 23.2. The molecule has 0 saturated heterocycles. The minimum atomic E-state index is -0.256. The molecule has 1 heterocycles. The van der Waals surface area contributed by atoms with Gasteiger partial charge in [-0.2, -0.15) is 5.26 Å². The predicted octanol–water partition coefficient (Wildman–Crippen LogP) is 3.85. The van der Waals surface area contributed by atoms with Gasteiger partial charge in [-0.15, -0.1) is 0 Å². The molecular weight excluding hydrogens is 364 g/mol. The van der Waals surface area contributed by atoms with E-state index in [-0.39, 0.29) is 29.4 Å². The summed E-state index contributed by atoms with van der Waals surface area (Å²) in [6.45, 7) is 2.11. The third kappa shape index (κ3) is 3.77. The van der Waals surface area contributed by atoms with Gasteiger partial charge in [-0.1, -0.05) is 13.0 Å². The molecule has 1 aromatic carbocycles. The smallest absolute Gasteiger partial charge is 0.230 e. The van der Waals surface area contributed by atoms with Gasteiger partial charge in [-0.3, -0.25) is 9.59 Å². The van der Waals surface area contributed by atoms with Gasteiger partial charge in [0.1, 0.15) is 5.82 Å². The molecule has 1 fully saturated rings. The number of aromatic nitrogens is 1. The molecule has 6 nitrogen and oxygen atoms in total. The maximum absolute atomic E-state index is 12.2. The Morgan fingerprint density at radius 3 is 2.93 bits per heavy atom. The van der Waals surface area contributed by atoms with Gasteiger partial charge >= 0.3 is 0 Å². The van der Waals surface area contributed by atoms with Crippen LogP contribution in [-0.2, 0) is 9.59 Å². The number of fused-ring (bicyclic) bond motifs is 1. The lowest BCUT2D eigenvalue weighted by atomic mass is 9.87. The van der Waals surface area contributed by atoms with Crippen LogP contribution in [0.5, 0.6) is 0 Å². The second kappa shape index (κ2) is 7.51. The largest absolute Gasteiger partial charge is 0.398 e. The van der Waals surface area contributed by atoms with Crippen LogP contribution in [0.15, 0.2) is 42.6 Å². The number of hydrogen-bond acceptors (Lipinski definition) is 5. The topological polar surface area (TPSA) is 109 Å². The van der Waals surface area contributed by atoms with E-state index in [1.807, 2.05) is 18.2 Å². The second-order valence-electron chi connectivity index (χ2n) is 7.67. The highest BCUT2D eigenvalue weighted by molar-refractivity contribution is 6.06. The van der Waals surface area contributed by atoms with Gasteiger partial charge in [-0.05, 0) is 72.1 Å². The first kappa shape index (κ1) is 18.9. The standard InChI is InChI=1S/C23H22N4O2/c1-2-13-4-3-5-17(28)10-18(13)14-6-15-9-22(26-12-20(15)21(25)8-14)27-23(29)19-7-16(19)11-24/h3,5-6,8-10,12-13,16,19H,2,4,7,25H2,1H3,(H,26,27,29). The number of amides is 1. The molecule has 4 rings (SSSR count). The van der Waals surface area contributed by atoms with E-state index in [4.69, 9.17) is 11.0 Å². The van der Waals surface area contributed by atoms with Gasteiger partial charge < -0.3 is 11.1 Å². The molecule has 29 heavy (non-hydrogen) atoms. The number of nitriles is 1. The van der Waals surface area contributed by atoms with Crippen molar-refractivity contribution in [1.29, 1.82) is 5.26 Å². The zero-order valence-electron chi connectivity index (χ0n) is 16.2. The summed E-state index contributed by atoms with van der Waals surface area (Å²) in [6, 6.07) is 7.78. The number of nitrogen functional groups attached to an aromatic ring is 1. The van der Waals surface area contributed by atoms with E-state index in [1.54, 1.807) is 24.4 Å². The van der Waals surface area contributed by atoms with Crippen molar-refractivity contribution in [3.8, 4) is 6.07 Å². The lowest BCUT2D eigenvalue weighted by Gasteiger charge is -2.18. The fourth-order valence-electron chi connectivity index (χ4n) is 3.87. The Bertz CT molecular complexity index is 1110. The molecule has 0 radical (unpaired) electrons. The van der Waals surface area contributed by atoms with Crippen molar-refractivity contribution >= 4 is 39.5 Å². The number of anilines is 2. The first-order chi connectivity index (χ1) is 14.0. The highest BCUT2D eigenvalue weighted by Gasteiger charge is 2.43. The van der Waals surface area contributed by atoms with E-state index < -0.39 is 0 Å². The molecule has 3 unspecified atom stereocenters. The highest BCUT2D eigenvalue weighted by Crippen LogP contribution is 2.39. The minimum absolute atomic E-state index is 0.0196. The number of rotatable bonds is 4. The SMILES string of the molecule is CCC1CC=CC(=O)C=C1c1cc(N)c2cnc(NC(=O)C3CC3C#N)cc2c1. The molecule has 0 spiro atoms. The summed E-state index contributed by atoms with van der Waals surface area (Å²) in [5, 5.41) is 13.3. The number of hydrogen-bond donors (Lipinski definition) is 2. The molecule has 146 valence electrons. The van der Waals surface area contributed by atoms with E-state index in [0.29, 0.717) is 17.9 Å². The summed E-state index contributed by atoms with van der Waals surface area (Å²) in [5.74, 6) is 0.0250. The monoisotopic (exact) mass is 386 g/mol. The average molecular weight is 386 g/mol. The quantitative estimate of drug-likeness (QED) is 0.776. The van der Waals surface area contributed by atoms with Crippen LogP contribution >= 0.6 is 0 Å². The third-order valence-electron chi connectivity index (χ3n) is 5.68. The molecule has 1 aromatic heterocycles. The summed E-state index contributed by atoms with van der Waals surface area (Å²) in [5.41, 5.74) is 8.75. The van der Waals surface area contributed by atoms with Crippen LogP contribution < -0.4 is 11.1 Å². The Kier molecular flexibility index (Phi) is 4.89. The van der Waals surface area contributed by atoms with Gasteiger partial charge in [0.15, 0.2) is 5.78 Å². The van der Waals surface area contributed by atoms with E-state index in [1.165, 1.54) is 0 Å². The van der Waals surface area contributed by atoms with Gasteiger partial charge in [0.05, 0.1) is 17.9 Å². The number of pyridine rings is 1. The van der Waals surface area contributed by atoms with Crippen molar-refractivity contribution in [2.45, 2.75) is 26.2 Å². The maximum atomic E-state index is 12.2. The molecule has 3 N–H and O–H groups in total. The Labute approximate surface area is 169 Å². The zero-order chi connectivity index (χ0) is 20.5. The Balaban J connectivity index is 1.69. The predicted molar refractivity (Wildman–Crippen MR) is 113 cm³/mol. The van der Waals surface area contributed by atoms with Crippen molar-refractivity contribution in [1.82, 2.24) is 4.98 Å². The number of carbonyl (C=O) groups is 2. The van der Waals surface area contributed by atoms with Crippen molar-refractivity contribution in [2.24, 2.45) is 17.8 Å². The number of nitrogens with two attached hydrogens (primary N) is 1. The van der Waals surface area contributed by atoms with E-state index in [9.17, 15) is 9.59 Å². The van der Waals surface area contributed by atoms with Gasteiger partial charge in [0.25, 0.3) is 0 Å². The van der Waals surface area contributed by atoms with E-state index in [2.05, 4.69) is 23.3 Å². The Morgan fingerprint density at radius 1 is 1.38 bits per heavy atom. The van der Waals surface area contributed by atoms with Crippen LogP contribution in [0.3, 0.4) is 0 Å². The molecule has 0 aliphatic heterocycles. The number of ketones is 1. The highest BCUT2D eigenvalue weighted by atomic mass is 16.2. The van der Waals surface area contributed by atoms with Crippen molar-refractivity contribution in [3.05, 3.63) is 48.2 Å². The fraction of sp³-hybridized carbons (Fsp3) is 0.304. The second-order valence-corrected chi connectivity index (χ2v) is 7.67. The van der Waals surface area contributed by atoms with Gasteiger partial charge in [0, 0.05) is 17.3 Å². The summed E-state index contributed by atoms with van der Waals surface area (Å²) in [4.78, 5) is 28.6. The molecule has 0 bridgehead atoms. The minimum Gasteiger partial charge on any atom is -0.398 e. The van der Waals surface area contributed by atoms with E-state index in [0.717, 1.165) is 34.8 Å². The van der Waals surface area contributed by atoms with Gasteiger partial charge in [0.2, 0.25) is 5.91 Å². The van der Waals surface area contributed by atoms with Crippen molar-refractivity contribution in [3.63, 3.8) is 0 Å². The first-order valence-electron chi connectivity index (χ1n) is 9.82. The Hall–Kier alpha value is -3.46. The van der Waals surface area contributed by atoms with Crippen molar-refractivity contribution < 1.29 is 9.59 Å². The van der Waals surface area contributed by atoms with Crippen LogP contribution in [0.2, 0.25) is 0 Å². The third-order valence-corrected chi connectivity index (χ3v) is 5.68. The van der Waals surface area contributed by atoms with E-state index >= 15 is 0 Å². The molecule has 1 saturated carbocycles. The fourth-order valence-corrected chi connectivity index (χ4v) is 3.87. The lowest BCUT2D eigenvalue weighted by Crippen LogP contribution is -2.15. The number of carbonyl (C=O) groups excluding carboxylic acids is 2. The van der Waals surface area contributed by atoms with Crippen LogP contribution in [-0.4, -0.2) is 16.7 Å². The summed E-state index contributed by atoms with van der Waals surface area (Å²) in [6.07, 6.45) is 9.20. The molecule has 1 amide bonds. The number of allylic oxidation sites excluding steroid dienone is 4. The van der Waals surface area contributed by atoms with Crippen LogP contribution in [0.1, 0.15) is 31.7 Å². The molecule has 3 atom stereocenters. The summed E-state index contributed by atoms with van der Waals surface area (Å²) >= 11 is 0. The summed E-state index contributed by atoms with van der Waals surface area (Å²) < 4.78 is 0. The Morgan fingerprint density at radius 2 is 2.21 bits per heavy atom. The average Bonchev–Trinajstić information content (AvgIpc) is 3.51. The molecular formula is C23H22N4O2. The zero-order valence-corrected chi connectivity index (χ0v) is 16.2. The molecule has 2 aliphatic rings. The van der Waals surface area contributed by atoms with Gasteiger partial charge in [-0.25, -0.2) is 4.98 Å². The summed E-state index contributed by atoms with van der Waals surface area (Å²) in [7, 11) is 0. The van der Waals surface area contributed by atoms with Crippen molar-refractivity contribution in [2.75, 3.05) is 11.1 Å². The number of nitrogens with zero attached hydrogens (tertiary/aromatic N) is 2. The molecule has 6 heteroatoms. The van der Waals surface area contributed by atoms with Crippen LogP contribution in [0, 0.1) is 29.1 Å². The molecule has 2 aliphatic carbocycles. The number of benzene rings is 1. The van der Waals surface area contributed by atoms with Crippen LogP contribution in [0.25, 0.3) is 16.3 Å².